The molecule has 6 heteroatoms. The van der Waals surface area contributed by atoms with Gasteiger partial charge in [-0.15, -0.1) is 0 Å². The minimum atomic E-state index is -0.786. The van der Waals surface area contributed by atoms with Gasteiger partial charge in [-0.1, -0.05) is 42.2 Å². The van der Waals surface area contributed by atoms with Gasteiger partial charge in [-0.05, 0) is 30.7 Å². The van der Waals surface area contributed by atoms with E-state index in [0.29, 0.717) is 5.02 Å². The summed E-state index contributed by atoms with van der Waals surface area (Å²) in [6.07, 6.45) is 3.48. The van der Waals surface area contributed by atoms with Crippen molar-refractivity contribution < 1.29 is 15.1 Å². The Kier molecular flexibility index (Phi) is 10.5. The SMILES string of the molecule is CCCCNCC(=O)O.ON=Cc1cccc(Cl)c1. The zero-order chi connectivity index (χ0) is 14.5. The molecule has 0 aromatic heterocycles. The normalized spacial score (nSPS) is 10.0. The summed E-state index contributed by atoms with van der Waals surface area (Å²) in [5.74, 6) is -0.786. The Labute approximate surface area is 117 Å². The van der Waals surface area contributed by atoms with Gasteiger partial charge in [0.25, 0.3) is 0 Å². The van der Waals surface area contributed by atoms with Crippen molar-refractivity contribution in [3.63, 3.8) is 0 Å². The molecule has 0 bridgehead atoms. The van der Waals surface area contributed by atoms with E-state index < -0.39 is 5.97 Å². The highest BCUT2D eigenvalue weighted by molar-refractivity contribution is 6.30. The highest BCUT2D eigenvalue weighted by Crippen LogP contribution is 2.08. The first-order chi connectivity index (χ1) is 9.10. The van der Waals surface area contributed by atoms with Crippen LogP contribution in [0.5, 0.6) is 0 Å². The number of carboxylic acids is 1. The minimum Gasteiger partial charge on any atom is -0.480 e. The average Bonchev–Trinajstić information content (AvgIpc) is 2.36. The molecule has 0 aliphatic heterocycles. The summed E-state index contributed by atoms with van der Waals surface area (Å²) in [6.45, 7) is 2.96. The lowest BCUT2D eigenvalue weighted by molar-refractivity contribution is -0.135. The first-order valence-corrected chi connectivity index (χ1v) is 6.33. The fourth-order valence-electron chi connectivity index (χ4n) is 1.15. The molecular formula is C13H19ClN2O3. The van der Waals surface area contributed by atoms with Crippen molar-refractivity contribution in [1.29, 1.82) is 0 Å². The molecule has 0 heterocycles. The molecule has 19 heavy (non-hydrogen) atoms. The smallest absolute Gasteiger partial charge is 0.317 e. The molecule has 0 saturated carbocycles. The number of unbranched alkanes of at least 4 members (excludes halogenated alkanes) is 1. The molecule has 0 amide bonds. The molecule has 1 aromatic carbocycles. The van der Waals surface area contributed by atoms with Crippen molar-refractivity contribution in [3.05, 3.63) is 34.9 Å². The Morgan fingerprint density at radius 3 is 2.79 bits per heavy atom. The molecule has 0 unspecified atom stereocenters. The molecular weight excluding hydrogens is 268 g/mol. The van der Waals surface area contributed by atoms with Gasteiger partial charge in [0.1, 0.15) is 0 Å². The monoisotopic (exact) mass is 286 g/mol. The Bertz CT molecular complexity index is 397. The third kappa shape index (κ3) is 11.2. The van der Waals surface area contributed by atoms with Crippen molar-refractivity contribution in [3.8, 4) is 0 Å². The van der Waals surface area contributed by atoms with Crippen molar-refractivity contribution in [2.75, 3.05) is 13.1 Å². The molecule has 1 rings (SSSR count). The van der Waals surface area contributed by atoms with Gasteiger partial charge in [0.2, 0.25) is 0 Å². The summed E-state index contributed by atoms with van der Waals surface area (Å²) in [5, 5.41) is 22.6. The lowest BCUT2D eigenvalue weighted by atomic mass is 10.2. The Hall–Kier alpha value is -1.59. The van der Waals surface area contributed by atoms with Crippen LogP contribution in [0.15, 0.2) is 29.4 Å². The number of carbonyl (C=O) groups is 1. The molecule has 0 fully saturated rings. The molecule has 5 nitrogen and oxygen atoms in total. The average molecular weight is 287 g/mol. The first-order valence-electron chi connectivity index (χ1n) is 5.95. The van der Waals surface area contributed by atoms with Crippen LogP contribution in [0.3, 0.4) is 0 Å². The van der Waals surface area contributed by atoms with Crippen LogP contribution >= 0.6 is 11.6 Å². The van der Waals surface area contributed by atoms with E-state index >= 15 is 0 Å². The molecule has 0 spiro atoms. The maximum Gasteiger partial charge on any atom is 0.317 e. The fraction of sp³-hybridized carbons (Fsp3) is 0.385. The number of hydrogen-bond donors (Lipinski definition) is 3. The van der Waals surface area contributed by atoms with Crippen LogP contribution in [0.1, 0.15) is 25.3 Å². The van der Waals surface area contributed by atoms with Gasteiger partial charge in [0, 0.05) is 5.02 Å². The van der Waals surface area contributed by atoms with Crippen LogP contribution in [-0.4, -0.2) is 35.6 Å². The van der Waals surface area contributed by atoms with Crippen LogP contribution in [0.25, 0.3) is 0 Å². The van der Waals surface area contributed by atoms with Gasteiger partial charge in [-0.25, -0.2) is 0 Å². The first kappa shape index (κ1) is 17.4. The van der Waals surface area contributed by atoms with E-state index in [1.165, 1.54) is 6.21 Å². The summed E-state index contributed by atoms with van der Waals surface area (Å²) in [4.78, 5) is 9.90. The predicted octanol–water partition coefficient (Wildman–Crippen LogP) is 2.61. The lowest BCUT2D eigenvalue weighted by Crippen LogP contribution is -2.23. The van der Waals surface area contributed by atoms with Crippen LogP contribution < -0.4 is 5.32 Å². The van der Waals surface area contributed by atoms with Gasteiger partial charge in [-0.2, -0.15) is 0 Å². The second-order valence-electron chi connectivity index (χ2n) is 3.72. The van der Waals surface area contributed by atoms with Gasteiger partial charge >= 0.3 is 5.97 Å². The predicted molar refractivity (Wildman–Crippen MR) is 76.2 cm³/mol. The molecule has 106 valence electrons. The van der Waals surface area contributed by atoms with Crippen LogP contribution in [0.4, 0.5) is 0 Å². The largest absolute Gasteiger partial charge is 0.480 e. The molecule has 1 aromatic rings. The molecule has 0 saturated heterocycles. The van der Waals surface area contributed by atoms with Crippen LogP contribution in [0, 0.1) is 0 Å². The number of nitrogens with zero attached hydrogens (tertiary/aromatic N) is 1. The topological polar surface area (TPSA) is 81.9 Å². The Balaban J connectivity index is 0.000000344. The van der Waals surface area contributed by atoms with E-state index in [-0.39, 0.29) is 6.54 Å². The Morgan fingerprint density at radius 1 is 1.53 bits per heavy atom. The maximum atomic E-state index is 9.90. The van der Waals surface area contributed by atoms with E-state index in [1.54, 1.807) is 24.3 Å². The summed E-state index contributed by atoms with van der Waals surface area (Å²) in [6, 6.07) is 7.06. The van der Waals surface area contributed by atoms with Gasteiger partial charge in [0.05, 0.1) is 12.8 Å². The molecule has 0 aliphatic rings. The molecule has 0 radical (unpaired) electrons. The third-order valence-electron chi connectivity index (χ3n) is 2.04. The van der Waals surface area contributed by atoms with E-state index in [1.807, 2.05) is 0 Å². The van der Waals surface area contributed by atoms with Gasteiger partial charge in [-0.3, -0.25) is 4.79 Å². The van der Waals surface area contributed by atoms with E-state index in [2.05, 4.69) is 17.4 Å². The fourth-order valence-corrected chi connectivity index (χ4v) is 1.35. The summed E-state index contributed by atoms with van der Waals surface area (Å²) in [5.41, 5.74) is 0.787. The van der Waals surface area contributed by atoms with E-state index in [0.717, 1.165) is 24.9 Å². The quantitative estimate of drug-likeness (QED) is 0.325. The number of rotatable bonds is 6. The van der Waals surface area contributed by atoms with Crippen molar-refractivity contribution in [2.45, 2.75) is 19.8 Å². The Morgan fingerprint density at radius 2 is 2.26 bits per heavy atom. The number of benzene rings is 1. The number of carboxylic acid groups (broad SMARTS) is 1. The maximum absolute atomic E-state index is 9.90. The molecule has 3 N–H and O–H groups in total. The molecule has 0 aliphatic carbocycles. The van der Waals surface area contributed by atoms with Gasteiger partial charge in [0.15, 0.2) is 0 Å². The second kappa shape index (κ2) is 11.5. The van der Waals surface area contributed by atoms with Crippen molar-refractivity contribution in [1.82, 2.24) is 5.32 Å². The van der Waals surface area contributed by atoms with Crippen molar-refractivity contribution in [2.24, 2.45) is 5.16 Å². The number of oxime groups is 1. The number of aliphatic carboxylic acids is 1. The van der Waals surface area contributed by atoms with Crippen LogP contribution in [0.2, 0.25) is 5.02 Å². The summed E-state index contributed by atoms with van der Waals surface area (Å²) in [7, 11) is 0. The highest BCUT2D eigenvalue weighted by atomic mass is 35.5. The second-order valence-corrected chi connectivity index (χ2v) is 4.16. The standard InChI is InChI=1S/C7H6ClNO.C6H13NO2/c8-7-3-1-2-6(4-7)5-9-10;1-2-3-4-7-5-6(8)9/h1-5,10H;7H,2-5H2,1H3,(H,8,9). The van der Waals surface area contributed by atoms with E-state index in [9.17, 15) is 4.79 Å². The summed E-state index contributed by atoms with van der Waals surface area (Å²) >= 11 is 5.64. The van der Waals surface area contributed by atoms with Crippen molar-refractivity contribution >= 4 is 23.8 Å². The van der Waals surface area contributed by atoms with Crippen LogP contribution in [-0.2, 0) is 4.79 Å². The van der Waals surface area contributed by atoms with Gasteiger partial charge < -0.3 is 15.6 Å². The third-order valence-corrected chi connectivity index (χ3v) is 2.27. The zero-order valence-corrected chi connectivity index (χ0v) is 11.6. The number of halogens is 1. The number of hydrogen-bond acceptors (Lipinski definition) is 4. The van der Waals surface area contributed by atoms with E-state index in [4.69, 9.17) is 21.9 Å². The number of nitrogens with one attached hydrogen (secondary N) is 1. The zero-order valence-electron chi connectivity index (χ0n) is 10.8. The molecule has 0 atom stereocenters. The minimum absolute atomic E-state index is 0.0833. The lowest BCUT2D eigenvalue weighted by Gasteiger charge is -1.96. The summed E-state index contributed by atoms with van der Waals surface area (Å²) < 4.78 is 0. The highest BCUT2D eigenvalue weighted by Gasteiger charge is 1.92.